The molecule has 19 heavy (non-hydrogen) atoms. The van der Waals surface area contributed by atoms with Gasteiger partial charge in [0.05, 0.1) is 15.2 Å². The minimum absolute atomic E-state index is 0.126. The highest BCUT2D eigenvalue weighted by molar-refractivity contribution is 9.10. The second-order valence-electron chi connectivity index (χ2n) is 4.64. The van der Waals surface area contributed by atoms with Crippen LogP contribution in [0.15, 0.2) is 22.7 Å². The van der Waals surface area contributed by atoms with E-state index >= 15 is 0 Å². The van der Waals surface area contributed by atoms with E-state index in [9.17, 15) is 4.79 Å². The van der Waals surface area contributed by atoms with E-state index in [2.05, 4.69) is 21.2 Å². The standard InChI is InChI=1S/C13H16BrClN2O2/c14-12-10(15)2-1-3-11(12)16-13(19)17-6-4-9(8-18)5-7-17/h1-3,9,18H,4-8H2,(H,16,19). The molecule has 2 rings (SSSR count). The molecule has 1 aromatic rings. The fourth-order valence-electron chi connectivity index (χ4n) is 2.11. The zero-order valence-corrected chi connectivity index (χ0v) is 12.7. The number of hydrogen-bond donors (Lipinski definition) is 2. The molecule has 1 aromatic carbocycles. The van der Waals surface area contributed by atoms with Gasteiger partial charge in [0.2, 0.25) is 0 Å². The lowest BCUT2D eigenvalue weighted by atomic mass is 9.98. The molecular weight excluding hydrogens is 332 g/mol. The molecule has 104 valence electrons. The van der Waals surface area contributed by atoms with Crippen LogP contribution in [-0.2, 0) is 0 Å². The van der Waals surface area contributed by atoms with Crippen molar-refractivity contribution in [1.29, 1.82) is 0 Å². The van der Waals surface area contributed by atoms with E-state index in [1.54, 1.807) is 23.1 Å². The van der Waals surface area contributed by atoms with Crippen molar-refractivity contribution in [3.05, 3.63) is 27.7 Å². The topological polar surface area (TPSA) is 52.6 Å². The summed E-state index contributed by atoms with van der Waals surface area (Å²) in [4.78, 5) is 13.9. The predicted molar refractivity (Wildman–Crippen MR) is 79.6 cm³/mol. The average molecular weight is 348 g/mol. The highest BCUT2D eigenvalue weighted by Crippen LogP contribution is 2.30. The Kier molecular flexibility index (Phi) is 5.07. The molecule has 6 heteroatoms. The summed E-state index contributed by atoms with van der Waals surface area (Å²) in [5.74, 6) is 0.321. The van der Waals surface area contributed by atoms with Gasteiger partial charge in [-0.1, -0.05) is 17.7 Å². The maximum Gasteiger partial charge on any atom is 0.321 e. The number of benzene rings is 1. The fourth-order valence-corrected chi connectivity index (χ4v) is 2.65. The summed E-state index contributed by atoms with van der Waals surface area (Å²) in [7, 11) is 0. The van der Waals surface area contributed by atoms with Crippen LogP contribution in [0.25, 0.3) is 0 Å². The van der Waals surface area contributed by atoms with Crippen molar-refractivity contribution in [2.45, 2.75) is 12.8 Å². The number of likely N-dealkylation sites (tertiary alicyclic amines) is 1. The third kappa shape index (κ3) is 3.61. The Hall–Kier alpha value is -0.780. The van der Waals surface area contributed by atoms with Crippen LogP contribution in [0.4, 0.5) is 10.5 Å². The summed E-state index contributed by atoms with van der Waals surface area (Å²) in [5, 5.41) is 12.5. The van der Waals surface area contributed by atoms with E-state index in [-0.39, 0.29) is 12.6 Å². The van der Waals surface area contributed by atoms with Crippen molar-refractivity contribution < 1.29 is 9.90 Å². The van der Waals surface area contributed by atoms with Crippen molar-refractivity contribution >= 4 is 39.2 Å². The smallest absolute Gasteiger partial charge is 0.321 e. The maximum absolute atomic E-state index is 12.1. The van der Waals surface area contributed by atoms with E-state index in [1.165, 1.54) is 0 Å². The molecular formula is C13H16BrClN2O2. The van der Waals surface area contributed by atoms with Gasteiger partial charge in [-0.05, 0) is 46.8 Å². The summed E-state index contributed by atoms with van der Waals surface area (Å²) in [6.07, 6.45) is 1.70. The Morgan fingerprint density at radius 3 is 2.79 bits per heavy atom. The van der Waals surface area contributed by atoms with Crippen LogP contribution < -0.4 is 5.32 Å². The number of rotatable bonds is 2. The van der Waals surface area contributed by atoms with Crippen molar-refractivity contribution in [3.8, 4) is 0 Å². The minimum Gasteiger partial charge on any atom is -0.396 e. The molecule has 1 heterocycles. The minimum atomic E-state index is -0.126. The quantitative estimate of drug-likeness (QED) is 0.862. The molecule has 0 unspecified atom stereocenters. The third-order valence-electron chi connectivity index (χ3n) is 3.35. The molecule has 0 atom stereocenters. The zero-order valence-electron chi connectivity index (χ0n) is 10.4. The van der Waals surface area contributed by atoms with Crippen LogP contribution in [0.3, 0.4) is 0 Å². The first-order valence-corrected chi connectivity index (χ1v) is 7.39. The second kappa shape index (κ2) is 6.59. The van der Waals surface area contributed by atoms with Crippen molar-refractivity contribution in [2.24, 2.45) is 5.92 Å². The van der Waals surface area contributed by atoms with Gasteiger partial charge >= 0.3 is 6.03 Å². The predicted octanol–water partition coefficient (Wildman–Crippen LogP) is 3.34. The van der Waals surface area contributed by atoms with Gasteiger partial charge in [-0.25, -0.2) is 4.79 Å². The number of carbonyl (C=O) groups is 1. The number of carbonyl (C=O) groups excluding carboxylic acids is 1. The lowest BCUT2D eigenvalue weighted by Crippen LogP contribution is -2.41. The van der Waals surface area contributed by atoms with Gasteiger partial charge in [-0.2, -0.15) is 0 Å². The van der Waals surface area contributed by atoms with Crippen LogP contribution in [0.2, 0.25) is 5.02 Å². The fraction of sp³-hybridized carbons (Fsp3) is 0.462. The molecule has 0 aliphatic carbocycles. The van der Waals surface area contributed by atoms with Gasteiger partial charge in [-0.15, -0.1) is 0 Å². The normalized spacial score (nSPS) is 16.5. The zero-order chi connectivity index (χ0) is 13.8. The van der Waals surface area contributed by atoms with Gasteiger partial charge in [0, 0.05) is 19.7 Å². The number of halogens is 2. The van der Waals surface area contributed by atoms with Gasteiger partial charge in [-0.3, -0.25) is 0 Å². The molecule has 0 spiro atoms. The molecule has 1 aliphatic heterocycles. The Labute approximate surface area is 125 Å². The van der Waals surface area contributed by atoms with E-state index in [0.717, 1.165) is 12.8 Å². The molecule has 1 saturated heterocycles. The van der Waals surface area contributed by atoms with E-state index in [4.69, 9.17) is 16.7 Å². The summed E-state index contributed by atoms with van der Waals surface area (Å²) in [6.45, 7) is 1.56. The number of amides is 2. The first-order valence-electron chi connectivity index (χ1n) is 6.22. The average Bonchev–Trinajstić information content (AvgIpc) is 2.44. The summed E-state index contributed by atoms with van der Waals surface area (Å²) >= 11 is 9.34. The van der Waals surface area contributed by atoms with Crippen molar-refractivity contribution in [1.82, 2.24) is 4.90 Å². The van der Waals surface area contributed by atoms with Crippen molar-refractivity contribution in [2.75, 3.05) is 25.0 Å². The molecule has 1 fully saturated rings. The highest BCUT2D eigenvalue weighted by Gasteiger charge is 2.22. The molecule has 4 nitrogen and oxygen atoms in total. The molecule has 1 aliphatic rings. The first kappa shape index (κ1) is 14.6. The SMILES string of the molecule is O=C(Nc1cccc(Cl)c1Br)N1CCC(CO)CC1. The summed E-state index contributed by atoms with van der Waals surface area (Å²) in [5.41, 5.74) is 0.668. The van der Waals surface area contributed by atoms with Gasteiger partial charge < -0.3 is 15.3 Å². The second-order valence-corrected chi connectivity index (χ2v) is 5.84. The Morgan fingerprint density at radius 2 is 2.16 bits per heavy atom. The van der Waals surface area contributed by atoms with Crippen LogP contribution in [-0.4, -0.2) is 35.7 Å². The Balaban J connectivity index is 1.96. The molecule has 2 N–H and O–H groups in total. The van der Waals surface area contributed by atoms with Crippen LogP contribution in [0.5, 0.6) is 0 Å². The number of nitrogens with zero attached hydrogens (tertiary/aromatic N) is 1. The number of piperidine rings is 1. The van der Waals surface area contributed by atoms with Gasteiger partial charge in [0.1, 0.15) is 0 Å². The molecule has 0 saturated carbocycles. The number of aliphatic hydroxyl groups is 1. The molecule has 0 bridgehead atoms. The number of anilines is 1. The van der Waals surface area contributed by atoms with E-state index in [0.29, 0.717) is 34.2 Å². The largest absolute Gasteiger partial charge is 0.396 e. The lowest BCUT2D eigenvalue weighted by Gasteiger charge is -2.31. The molecule has 0 aromatic heterocycles. The Bertz CT molecular complexity index is 462. The number of nitrogens with one attached hydrogen (secondary N) is 1. The maximum atomic E-state index is 12.1. The highest BCUT2D eigenvalue weighted by atomic mass is 79.9. The van der Waals surface area contributed by atoms with E-state index < -0.39 is 0 Å². The third-order valence-corrected chi connectivity index (χ3v) is 4.75. The Morgan fingerprint density at radius 1 is 1.47 bits per heavy atom. The number of hydrogen-bond acceptors (Lipinski definition) is 2. The number of aliphatic hydroxyl groups excluding tert-OH is 1. The summed E-state index contributed by atoms with van der Waals surface area (Å²) < 4.78 is 0.690. The summed E-state index contributed by atoms with van der Waals surface area (Å²) in [6, 6.07) is 5.22. The van der Waals surface area contributed by atoms with Gasteiger partial charge in [0.25, 0.3) is 0 Å². The first-order chi connectivity index (χ1) is 9.11. The lowest BCUT2D eigenvalue weighted by molar-refractivity contribution is 0.143. The molecule has 2 amide bonds. The van der Waals surface area contributed by atoms with Crippen molar-refractivity contribution in [3.63, 3.8) is 0 Å². The number of urea groups is 1. The van der Waals surface area contributed by atoms with Crippen LogP contribution in [0.1, 0.15) is 12.8 Å². The van der Waals surface area contributed by atoms with Gasteiger partial charge in [0.15, 0.2) is 0 Å². The molecule has 0 radical (unpaired) electrons. The van der Waals surface area contributed by atoms with E-state index in [1.807, 2.05) is 0 Å². The monoisotopic (exact) mass is 346 g/mol. The van der Waals surface area contributed by atoms with Crippen LogP contribution in [0, 0.1) is 5.92 Å². The van der Waals surface area contributed by atoms with Crippen LogP contribution >= 0.6 is 27.5 Å².